The molecule has 0 amide bonds. The number of nitrogens with two attached hydrogens (primary N) is 1. The minimum atomic E-state index is 0.623. The second-order valence-corrected chi connectivity index (χ2v) is 6.15. The van der Waals surface area contributed by atoms with Crippen molar-refractivity contribution in [2.24, 2.45) is 5.73 Å². The van der Waals surface area contributed by atoms with E-state index in [2.05, 4.69) is 40.8 Å². The van der Waals surface area contributed by atoms with Gasteiger partial charge in [0, 0.05) is 36.7 Å². The number of aryl methyl sites for hydroxylation is 1. The summed E-state index contributed by atoms with van der Waals surface area (Å²) in [5, 5.41) is 1.39. The molecule has 21 heavy (non-hydrogen) atoms. The molecule has 1 aliphatic heterocycles. The highest BCUT2D eigenvalue weighted by Gasteiger charge is 2.15. The molecule has 2 heterocycles. The molecule has 2 N–H and O–H groups in total. The average Bonchev–Trinajstić information content (AvgIpc) is 2.69. The lowest BCUT2D eigenvalue weighted by Gasteiger charge is -2.19. The molecule has 0 atom stereocenters. The van der Waals surface area contributed by atoms with Crippen LogP contribution >= 0.6 is 0 Å². The van der Waals surface area contributed by atoms with E-state index < -0.39 is 0 Å². The molecule has 1 aromatic heterocycles. The third kappa shape index (κ3) is 2.99. The highest BCUT2D eigenvalue weighted by atomic mass is 15.1. The molecule has 2 aromatic rings. The monoisotopic (exact) mass is 285 g/mol. The zero-order valence-electron chi connectivity index (χ0n) is 13.1. The third-order valence-corrected chi connectivity index (χ3v) is 4.72. The van der Waals surface area contributed by atoms with Crippen LogP contribution in [0, 0.1) is 0 Å². The van der Waals surface area contributed by atoms with Gasteiger partial charge in [0.05, 0.1) is 0 Å². The van der Waals surface area contributed by atoms with E-state index in [1.54, 1.807) is 0 Å². The summed E-state index contributed by atoms with van der Waals surface area (Å²) in [4.78, 5) is 2.62. The lowest BCUT2D eigenvalue weighted by atomic mass is 10.1. The van der Waals surface area contributed by atoms with E-state index in [0.717, 1.165) is 13.1 Å². The van der Waals surface area contributed by atoms with Gasteiger partial charge in [0.15, 0.2) is 0 Å². The van der Waals surface area contributed by atoms with Gasteiger partial charge in [-0.1, -0.05) is 25.0 Å². The summed E-state index contributed by atoms with van der Waals surface area (Å²) in [7, 11) is 0. The van der Waals surface area contributed by atoms with Crippen molar-refractivity contribution in [3.05, 3.63) is 35.5 Å². The average molecular weight is 285 g/mol. The molecule has 1 aromatic carbocycles. The lowest BCUT2D eigenvalue weighted by molar-refractivity contribution is 0.277. The number of nitrogens with zero attached hydrogens (tertiary/aromatic N) is 2. The molecule has 1 saturated heterocycles. The van der Waals surface area contributed by atoms with Gasteiger partial charge < -0.3 is 10.3 Å². The van der Waals surface area contributed by atoms with Gasteiger partial charge in [0.25, 0.3) is 0 Å². The fourth-order valence-corrected chi connectivity index (χ4v) is 3.61. The Bertz CT molecular complexity index is 592. The summed E-state index contributed by atoms with van der Waals surface area (Å²) >= 11 is 0. The third-order valence-electron chi connectivity index (χ3n) is 4.72. The number of hydrogen-bond donors (Lipinski definition) is 1. The normalized spacial score (nSPS) is 17.2. The van der Waals surface area contributed by atoms with Crippen molar-refractivity contribution in [2.75, 3.05) is 13.1 Å². The van der Waals surface area contributed by atoms with Crippen LogP contribution in [-0.2, 0) is 19.6 Å². The molecular weight excluding hydrogens is 258 g/mol. The zero-order chi connectivity index (χ0) is 14.7. The van der Waals surface area contributed by atoms with Crippen molar-refractivity contribution in [3.63, 3.8) is 0 Å². The Morgan fingerprint density at radius 2 is 1.81 bits per heavy atom. The van der Waals surface area contributed by atoms with Crippen molar-refractivity contribution in [1.29, 1.82) is 0 Å². The van der Waals surface area contributed by atoms with E-state index in [9.17, 15) is 0 Å². The number of aromatic nitrogens is 1. The maximum Gasteiger partial charge on any atom is 0.0486 e. The minimum Gasteiger partial charge on any atom is -0.347 e. The molecule has 114 valence electrons. The van der Waals surface area contributed by atoms with Crippen molar-refractivity contribution < 1.29 is 0 Å². The predicted molar refractivity (Wildman–Crippen MR) is 89.2 cm³/mol. The predicted octanol–water partition coefficient (Wildman–Crippen LogP) is 3.50. The van der Waals surface area contributed by atoms with Crippen LogP contribution in [0.5, 0.6) is 0 Å². The molecule has 0 spiro atoms. The standard InChI is InChI=1S/C18H27N3/c1-2-21-14-16(13-20-10-5-3-4-6-11-20)18-15(12-19)8-7-9-17(18)21/h7-9,14H,2-6,10-13,19H2,1H3. The summed E-state index contributed by atoms with van der Waals surface area (Å²) in [6.45, 7) is 7.40. The highest BCUT2D eigenvalue weighted by molar-refractivity contribution is 5.87. The first-order valence-corrected chi connectivity index (χ1v) is 8.35. The van der Waals surface area contributed by atoms with E-state index in [4.69, 9.17) is 5.73 Å². The van der Waals surface area contributed by atoms with Gasteiger partial charge in [-0.2, -0.15) is 0 Å². The van der Waals surface area contributed by atoms with Crippen LogP contribution in [0.4, 0.5) is 0 Å². The van der Waals surface area contributed by atoms with Gasteiger partial charge in [0.1, 0.15) is 0 Å². The summed E-state index contributed by atoms with van der Waals surface area (Å²) in [6, 6.07) is 6.53. The molecule has 3 heteroatoms. The molecule has 3 rings (SSSR count). The molecule has 0 aliphatic carbocycles. The van der Waals surface area contributed by atoms with Gasteiger partial charge in [-0.05, 0) is 50.0 Å². The topological polar surface area (TPSA) is 34.2 Å². The van der Waals surface area contributed by atoms with Crippen LogP contribution in [0.3, 0.4) is 0 Å². The Morgan fingerprint density at radius 1 is 1.05 bits per heavy atom. The number of likely N-dealkylation sites (tertiary alicyclic amines) is 1. The smallest absolute Gasteiger partial charge is 0.0486 e. The Kier molecular flexibility index (Phi) is 4.61. The quantitative estimate of drug-likeness (QED) is 0.933. The van der Waals surface area contributed by atoms with Gasteiger partial charge in [-0.15, -0.1) is 0 Å². The van der Waals surface area contributed by atoms with Gasteiger partial charge >= 0.3 is 0 Å². The first-order chi connectivity index (χ1) is 10.3. The van der Waals surface area contributed by atoms with Crippen molar-refractivity contribution in [1.82, 2.24) is 9.47 Å². The van der Waals surface area contributed by atoms with Crippen molar-refractivity contribution in [2.45, 2.75) is 52.2 Å². The molecule has 1 fully saturated rings. The van der Waals surface area contributed by atoms with Crippen LogP contribution in [0.2, 0.25) is 0 Å². The first-order valence-electron chi connectivity index (χ1n) is 8.35. The molecular formula is C18H27N3. The molecule has 3 nitrogen and oxygen atoms in total. The van der Waals surface area contributed by atoms with Crippen LogP contribution in [0.15, 0.2) is 24.4 Å². The van der Waals surface area contributed by atoms with E-state index >= 15 is 0 Å². The second kappa shape index (κ2) is 6.63. The molecule has 0 unspecified atom stereocenters. The molecule has 0 saturated carbocycles. The summed E-state index contributed by atoms with van der Waals surface area (Å²) in [5.41, 5.74) is 10.0. The number of benzene rings is 1. The van der Waals surface area contributed by atoms with Crippen molar-refractivity contribution >= 4 is 10.9 Å². The minimum absolute atomic E-state index is 0.623. The summed E-state index contributed by atoms with van der Waals surface area (Å²) in [6.07, 6.45) is 7.81. The second-order valence-electron chi connectivity index (χ2n) is 6.15. The van der Waals surface area contributed by atoms with Crippen LogP contribution in [0.25, 0.3) is 10.9 Å². The summed E-state index contributed by atoms with van der Waals surface area (Å²) in [5.74, 6) is 0. The molecule has 0 bridgehead atoms. The van der Waals surface area contributed by atoms with Crippen molar-refractivity contribution in [3.8, 4) is 0 Å². The van der Waals surface area contributed by atoms with Crippen LogP contribution < -0.4 is 5.73 Å². The SMILES string of the molecule is CCn1cc(CN2CCCCCC2)c2c(CN)cccc21. The Labute approximate surface area is 127 Å². The van der Waals surface area contributed by atoms with E-state index in [1.165, 1.54) is 60.8 Å². The fourth-order valence-electron chi connectivity index (χ4n) is 3.61. The number of rotatable bonds is 4. The van der Waals surface area contributed by atoms with E-state index in [0.29, 0.717) is 6.54 Å². The zero-order valence-corrected chi connectivity index (χ0v) is 13.1. The van der Waals surface area contributed by atoms with Gasteiger partial charge in [-0.25, -0.2) is 0 Å². The fraction of sp³-hybridized carbons (Fsp3) is 0.556. The van der Waals surface area contributed by atoms with E-state index in [1.807, 2.05) is 0 Å². The Morgan fingerprint density at radius 3 is 2.48 bits per heavy atom. The van der Waals surface area contributed by atoms with Crippen LogP contribution in [0.1, 0.15) is 43.7 Å². The number of fused-ring (bicyclic) bond motifs is 1. The van der Waals surface area contributed by atoms with Gasteiger partial charge in [0.2, 0.25) is 0 Å². The molecule has 0 radical (unpaired) electrons. The van der Waals surface area contributed by atoms with Crippen LogP contribution in [-0.4, -0.2) is 22.6 Å². The first kappa shape index (κ1) is 14.6. The largest absolute Gasteiger partial charge is 0.347 e. The highest BCUT2D eigenvalue weighted by Crippen LogP contribution is 2.27. The van der Waals surface area contributed by atoms with E-state index in [-0.39, 0.29) is 0 Å². The number of hydrogen-bond acceptors (Lipinski definition) is 2. The van der Waals surface area contributed by atoms with Gasteiger partial charge in [-0.3, -0.25) is 4.90 Å². The maximum absolute atomic E-state index is 5.97. The Balaban J connectivity index is 1.96. The lowest BCUT2D eigenvalue weighted by Crippen LogP contribution is -2.23. The Hall–Kier alpha value is -1.32. The summed E-state index contributed by atoms with van der Waals surface area (Å²) < 4.78 is 2.36. The molecule has 1 aliphatic rings. The maximum atomic E-state index is 5.97.